The number of ether oxygens (including phenoxy) is 2. The van der Waals surface area contributed by atoms with Gasteiger partial charge in [-0.1, -0.05) is 18.2 Å². The van der Waals surface area contributed by atoms with Gasteiger partial charge in [-0.2, -0.15) is 0 Å². The molecule has 1 aromatic rings. The van der Waals surface area contributed by atoms with Gasteiger partial charge in [-0.05, 0) is 51.7 Å². The van der Waals surface area contributed by atoms with Gasteiger partial charge >= 0.3 is 0 Å². The summed E-state index contributed by atoms with van der Waals surface area (Å²) in [5.41, 5.74) is 0.315. The van der Waals surface area contributed by atoms with Crippen LogP contribution < -0.4 is 14.8 Å². The fraction of sp³-hybridized carbons (Fsp3) is 0.615. The molecule has 2 N–H and O–H groups in total. The molecule has 4 atom stereocenters. The minimum Gasteiger partial charge on any atom is -0.487 e. The molecule has 4 rings (SSSR count). The molecule has 2 aliphatic heterocycles. The molecule has 38 heavy (non-hydrogen) atoms. The summed E-state index contributed by atoms with van der Waals surface area (Å²) in [6.45, 7) is 5.01. The molecule has 0 radical (unpaired) electrons. The second kappa shape index (κ2) is 10.9. The van der Waals surface area contributed by atoms with Gasteiger partial charge in [-0.25, -0.2) is 30.7 Å². The molecule has 0 bridgehead atoms. The van der Waals surface area contributed by atoms with Crippen LogP contribution >= 0.6 is 0 Å². The number of nitrogens with zero attached hydrogens (tertiary/aromatic N) is 2. The molecule has 1 aromatic carbocycles. The molecule has 2 fully saturated rings. The molecule has 0 saturated carbocycles. The van der Waals surface area contributed by atoms with Crippen LogP contribution in [0.4, 0.5) is 10.1 Å². The molecule has 212 valence electrons. The zero-order valence-corrected chi connectivity index (χ0v) is 24.0. The molecule has 3 aliphatic rings. The summed E-state index contributed by atoms with van der Waals surface area (Å²) in [6.07, 6.45) is 7.22. The van der Waals surface area contributed by atoms with Crippen molar-refractivity contribution in [3.05, 3.63) is 46.6 Å². The lowest BCUT2D eigenvalue weighted by molar-refractivity contribution is -0.0727. The van der Waals surface area contributed by atoms with Crippen LogP contribution in [0.5, 0.6) is 5.75 Å². The Hall–Kier alpha value is -1.99. The first kappa shape index (κ1) is 29.0. The maximum absolute atomic E-state index is 16.4. The van der Waals surface area contributed by atoms with Crippen molar-refractivity contribution in [3.63, 3.8) is 0 Å². The number of piperidine rings is 1. The van der Waals surface area contributed by atoms with E-state index in [4.69, 9.17) is 14.6 Å². The molecule has 2 heterocycles. The molecule has 9 nitrogen and oxygen atoms in total. The Labute approximate surface area is 225 Å². The highest BCUT2D eigenvalue weighted by molar-refractivity contribution is 7.93. The van der Waals surface area contributed by atoms with E-state index in [0.29, 0.717) is 25.9 Å². The van der Waals surface area contributed by atoms with Crippen LogP contribution in [0, 0.1) is 5.82 Å². The SMILES string of the molecule is C[C@@H]1CC(Oc2ccc(C3(S(N)(=O)=O)C=CC(S(=O)(=O)N(C)C)=CC3)c(N3CCCCC3)c2F)C[C@H](C)O1. The van der Waals surface area contributed by atoms with Crippen molar-refractivity contribution in [3.8, 4) is 5.75 Å². The molecule has 0 aromatic heterocycles. The smallest absolute Gasteiger partial charge is 0.242 e. The highest BCUT2D eigenvalue weighted by Crippen LogP contribution is 2.46. The predicted molar refractivity (Wildman–Crippen MR) is 145 cm³/mol. The van der Waals surface area contributed by atoms with Gasteiger partial charge in [0, 0.05) is 45.6 Å². The number of anilines is 1. The Bertz CT molecular complexity index is 1310. The normalized spacial score (nSPS) is 28.9. The summed E-state index contributed by atoms with van der Waals surface area (Å²) in [5.74, 6) is -0.584. The van der Waals surface area contributed by atoms with Crippen molar-refractivity contribution in [1.82, 2.24) is 4.31 Å². The fourth-order valence-corrected chi connectivity index (χ4v) is 7.60. The standard InChI is InChI=1S/C26H38FN3O6S2/c1-18-16-20(17-19(2)35-18)36-23-9-8-22(25(24(23)27)30-14-6-5-7-15-30)26(38(28,33)34)12-10-21(11-13-26)37(31,32)29(3)4/h8-12,18-20H,5-7,13-17H2,1-4H3,(H2,28,33,34)/t18-,19+,20?,26?. The molecule has 2 unspecified atom stereocenters. The fourth-order valence-electron chi connectivity index (χ4n) is 5.60. The van der Waals surface area contributed by atoms with Gasteiger partial charge in [-0.3, -0.25) is 0 Å². The van der Waals surface area contributed by atoms with E-state index in [0.717, 1.165) is 23.6 Å². The van der Waals surface area contributed by atoms with Crippen molar-refractivity contribution < 1.29 is 30.7 Å². The van der Waals surface area contributed by atoms with Crippen molar-refractivity contribution in [2.75, 3.05) is 32.1 Å². The molecular formula is C26H38FN3O6S2. The van der Waals surface area contributed by atoms with Crippen LogP contribution in [-0.4, -0.2) is 66.6 Å². The van der Waals surface area contributed by atoms with Crippen LogP contribution in [0.2, 0.25) is 0 Å². The minimum atomic E-state index is -4.35. The average Bonchev–Trinajstić information content (AvgIpc) is 2.84. The summed E-state index contributed by atoms with van der Waals surface area (Å²) in [4.78, 5) is 1.82. The summed E-state index contributed by atoms with van der Waals surface area (Å²) in [7, 11) is -5.35. The number of primary sulfonamides is 1. The third kappa shape index (κ3) is 5.51. The first-order valence-electron chi connectivity index (χ1n) is 13.0. The lowest BCUT2D eigenvalue weighted by atomic mass is 9.88. The van der Waals surface area contributed by atoms with E-state index in [9.17, 15) is 16.8 Å². The molecule has 0 amide bonds. The number of halogens is 1. The highest BCUT2D eigenvalue weighted by atomic mass is 32.2. The van der Waals surface area contributed by atoms with E-state index < -0.39 is 30.6 Å². The van der Waals surface area contributed by atoms with Gasteiger partial charge in [0.1, 0.15) is 10.9 Å². The van der Waals surface area contributed by atoms with E-state index in [1.165, 1.54) is 38.4 Å². The zero-order chi connectivity index (χ0) is 27.9. The number of rotatable bonds is 7. The Morgan fingerprint density at radius 2 is 1.71 bits per heavy atom. The number of sulfonamides is 2. The van der Waals surface area contributed by atoms with Gasteiger partial charge in [0.2, 0.25) is 20.0 Å². The summed E-state index contributed by atoms with van der Waals surface area (Å²) in [6, 6.07) is 3.02. The number of allylic oxidation sites excluding steroid dienone is 2. The number of hydrogen-bond acceptors (Lipinski definition) is 7. The third-order valence-corrected chi connectivity index (χ3v) is 11.0. The van der Waals surface area contributed by atoms with Gasteiger partial charge in [0.05, 0.1) is 22.8 Å². The largest absolute Gasteiger partial charge is 0.487 e. The number of hydrogen-bond donors (Lipinski definition) is 1. The van der Waals surface area contributed by atoms with Crippen molar-refractivity contribution >= 4 is 25.7 Å². The van der Waals surface area contributed by atoms with Crippen molar-refractivity contribution in [2.24, 2.45) is 5.14 Å². The highest BCUT2D eigenvalue weighted by Gasteiger charge is 2.46. The van der Waals surface area contributed by atoms with Gasteiger partial charge in [-0.15, -0.1) is 0 Å². The van der Waals surface area contributed by atoms with Crippen LogP contribution in [0.15, 0.2) is 35.3 Å². The summed E-state index contributed by atoms with van der Waals surface area (Å²) >= 11 is 0. The van der Waals surface area contributed by atoms with Crippen LogP contribution in [-0.2, 0) is 29.5 Å². The lowest BCUT2D eigenvalue weighted by Crippen LogP contribution is -2.43. The van der Waals surface area contributed by atoms with Crippen LogP contribution in [0.3, 0.4) is 0 Å². The third-order valence-electron chi connectivity index (χ3n) is 7.57. The second-order valence-corrected chi connectivity index (χ2v) is 14.6. The summed E-state index contributed by atoms with van der Waals surface area (Å²) in [5, 5.41) is 5.80. The quantitative estimate of drug-likeness (QED) is 0.533. The van der Waals surface area contributed by atoms with Crippen molar-refractivity contribution in [1.29, 1.82) is 0 Å². The van der Waals surface area contributed by atoms with E-state index in [1.54, 1.807) is 6.07 Å². The number of nitrogens with two attached hydrogens (primary N) is 1. The Kier molecular flexibility index (Phi) is 8.30. The Morgan fingerprint density at radius 3 is 2.24 bits per heavy atom. The minimum absolute atomic E-state index is 0.0231. The van der Waals surface area contributed by atoms with Crippen LogP contribution in [0.1, 0.15) is 57.9 Å². The zero-order valence-electron chi connectivity index (χ0n) is 22.4. The maximum atomic E-state index is 16.4. The molecular weight excluding hydrogens is 533 g/mol. The van der Waals surface area contributed by atoms with Gasteiger partial charge in [0.25, 0.3) is 0 Å². The van der Waals surface area contributed by atoms with Gasteiger partial charge in [0.15, 0.2) is 11.6 Å². The second-order valence-electron chi connectivity index (χ2n) is 10.7. The van der Waals surface area contributed by atoms with Crippen molar-refractivity contribution in [2.45, 2.75) is 75.4 Å². The first-order valence-corrected chi connectivity index (χ1v) is 16.0. The molecule has 2 saturated heterocycles. The number of benzene rings is 1. The topological polar surface area (TPSA) is 119 Å². The Balaban J connectivity index is 1.82. The average molecular weight is 572 g/mol. The first-order chi connectivity index (χ1) is 17.8. The predicted octanol–water partition coefficient (Wildman–Crippen LogP) is 3.37. The van der Waals surface area contributed by atoms with E-state index in [1.807, 2.05) is 18.7 Å². The van der Waals surface area contributed by atoms with Crippen LogP contribution in [0.25, 0.3) is 0 Å². The van der Waals surface area contributed by atoms with E-state index in [-0.39, 0.29) is 46.6 Å². The monoisotopic (exact) mass is 571 g/mol. The molecule has 1 aliphatic carbocycles. The Morgan fingerprint density at radius 1 is 1.08 bits per heavy atom. The maximum Gasteiger partial charge on any atom is 0.242 e. The van der Waals surface area contributed by atoms with E-state index in [2.05, 4.69) is 0 Å². The molecule has 12 heteroatoms. The van der Waals surface area contributed by atoms with E-state index >= 15 is 4.39 Å². The molecule has 0 spiro atoms. The summed E-state index contributed by atoms with van der Waals surface area (Å²) < 4.78 is 79.2. The lowest BCUT2D eigenvalue weighted by Gasteiger charge is -2.38. The van der Waals surface area contributed by atoms with Gasteiger partial charge < -0.3 is 14.4 Å².